The fraction of sp³-hybridized carbons (Fsp3) is 0.400. The van der Waals surface area contributed by atoms with E-state index in [1.807, 2.05) is 25.1 Å². The van der Waals surface area contributed by atoms with Crippen molar-refractivity contribution in [3.63, 3.8) is 0 Å². The zero-order valence-corrected chi connectivity index (χ0v) is 10.6. The van der Waals surface area contributed by atoms with E-state index in [1.165, 1.54) is 5.56 Å². The first kappa shape index (κ1) is 12.7. The number of hydrogen-bond acceptors (Lipinski definition) is 3. The van der Waals surface area contributed by atoms with Crippen molar-refractivity contribution in [2.24, 2.45) is 0 Å². The molecule has 1 aromatic carbocycles. The van der Waals surface area contributed by atoms with E-state index in [4.69, 9.17) is 4.74 Å². The fourth-order valence-corrected chi connectivity index (χ4v) is 2.33. The summed E-state index contributed by atoms with van der Waals surface area (Å²) in [6, 6.07) is 10.1. The molecule has 0 radical (unpaired) electrons. The molecular weight excluding hydrogens is 228 g/mol. The lowest BCUT2D eigenvalue weighted by molar-refractivity contribution is -0.158. The fourth-order valence-electron chi connectivity index (χ4n) is 2.33. The van der Waals surface area contributed by atoms with E-state index in [-0.39, 0.29) is 5.76 Å². The van der Waals surface area contributed by atoms with Crippen molar-refractivity contribution >= 4 is 5.97 Å². The number of aliphatic hydroxyl groups excluding tert-OH is 1. The highest BCUT2D eigenvalue weighted by molar-refractivity contribution is 5.83. The first-order chi connectivity index (χ1) is 8.63. The van der Waals surface area contributed by atoms with E-state index >= 15 is 0 Å². The number of aliphatic hydroxyl groups is 1. The Morgan fingerprint density at radius 3 is 2.67 bits per heavy atom. The van der Waals surface area contributed by atoms with E-state index in [1.54, 1.807) is 0 Å². The molecule has 1 unspecified atom stereocenters. The van der Waals surface area contributed by atoms with Gasteiger partial charge in [-0.15, -0.1) is 0 Å². The highest BCUT2D eigenvalue weighted by Gasteiger charge is 2.36. The molecule has 1 aromatic rings. The van der Waals surface area contributed by atoms with Gasteiger partial charge in [-0.2, -0.15) is 0 Å². The van der Waals surface area contributed by atoms with Gasteiger partial charge in [-0.3, -0.25) is 0 Å². The van der Waals surface area contributed by atoms with Gasteiger partial charge in [0.1, 0.15) is 11.4 Å². The number of hydrogen-bond donors (Lipinski definition) is 1. The molecule has 96 valence electrons. The molecular formula is C15H18O3. The second-order valence-corrected chi connectivity index (χ2v) is 4.76. The topological polar surface area (TPSA) is 46.5 Å². The highest BCUT2D eigenvalue weighted by Crippen LogP contribution is 2.32. The summed E-state index contributed by atoms with van der Waals surface area (Å²) >= 11 is 0. The molecule has 1 atom stereocenters. The van der Waals surface area contributed by atoms with Crippen molar-refractivity contribution in [1.29, 1.82) is 0 Å². The number of benzene rings is 1. The van der Waals surface area contributed by atoms with E-state index in [0.717, 1.165) is 18.9 Å². The third-order valence-electron chi connectivity index (χ3n) is 3.46. The predicted molar refractivity (Wildman–Crippen MR) is 69.2 cm³/mol. The molecule has 0 bridgehead atoms. The van der Waals surface area contributed by atoms with Crippen LogP contribution in [0.4, 0.5) is 0 Å². The number of rotatable bonds is 4. The van der Waals surface area contributed by atoms with Crippen molar-refractivity contribution in [1.82, 2.24) is 0 Å². The molecule has 18 heavy (non-hydrogen) atoms. The molecule has 0 amide bonds. The molecule has 2 rings (SSSR count). The number of esters is 1. The molecule has 1 aliphatic rings. The zero-order valence-electron chi connectivity index (χ0n) is 10.6. The first-order valence-electron chi connectivity index (χ1n) is 6.30. The van der Waals surface area contributed by atoms with Crippen LogP contribution in [0.25, 0.3) is 0 Å². The summed E-state index contributed by atoms with van der Waals surface area (Å²) in [5, 5.41) is 9.60. The molecule has 0 saturated carbocycles. The summed E-state index contributed by atoms with van der Waals surface area (Å²) in [7, 11) is 0. The van der Waals surface area contributed by atoms with Gasteiger partial charge < -0.3 is 9.84 Å². The van der Waals surface area contributed by atoms with E-state index < -0.39 is 11.6 Å². The Hall–Kier alpha value is -1.77. The van der Waals surface area contributed by atoms with Crippen molar-refractivity contribution in [3.05, 3.63) is 47.7 Å². The van der Waals surface area contributed by atoms with Gasteiger partial charge in [-0.1, -0.05) is 37.3 Å². The minimum Gasteiger partial charge on any atom is -0.512 e. The first-order valence-corrected chi connectivity index (χ1v) is 6.30. The van der Waals surface area contributed by atoms with Crippen LogP contribution >= 0.6 is 0 Å². The monoisotopic (exact) mass is 246 g/mol. The molecule has 0 saturated heterocycles. The summed E-state index contributed by atoms with van der Waals surface area (Å²) in [6.07, 6.45) is 3.87. The quantitative estimate of drug-likeness (QED) is 0.830. The number of carbonyl (C=O) groups is 1. The normalized spacial score (nSPS) is 23.4. The zero-order chi connectivity index (χ0) is 13.0. The van der Waals surface area contributed by atoms with Gasteiger partial charge in [-0.05, 0) is 24.8 Å². The standard InChI is InChI=1S/C15H18O3/c1-2-15(11-13(16)10-14(17)18-15)9-8-12-6-4-3-5-7-12/h3-7,10,16H,2,8-9,11H2,1H3. The number of aryl methyl sites for hydroxylation is 1. The third kappa shape index (κ3) is 2.92. The lowest BCUT2D eigenvalue weighted by atomic mass is 9.87. The Balaban J connectivity index is 2.06. The van der Waals surface area contributed by atoms with Crippen LogP contribution in [0.3, 0.4) is 0 Å². The second-order valence-electron chi connectivity index (χ2n) is 4.76. The lowest BCUT2D eigenvalue weighted by Gasteiger charge is -2.34. The highest BCUT2D eigenvalue weighted by atomic mass is 16.6. The van der Waals surface area contributed by atoms with Crippen LogP contribution < -0.4 is 0 Å². The van der Waals surface area contributed by atoms with Crippen molar-refractivity contribution < 1.29 is 14.6 Å². The predicted octanol–water partition coefficient (Wildman–Crippen LogP) is 3.16. The van der Waals surface area contributed by atoms with Crippen LogP contribution in [0.15, 0.2) is 42.2 Å². The Labute approximate surface area is 107 Å². The maximum atomic E-state index is 11.4. The maximum absolute atomic E-state index is 11.4. The minimum absolute atomic E-state index is 0.126. The molecule has 0 aromatic heterocycles. The minimum atomic E-state index is -0.550. The van der Waals surface area contributed by atoms with Crippen LogP contribution in [-0.4, -0.2) is 16.7 Å². The van der Waals surface area contributed by atoms with Crippen LogP contribution in [-0.2, 0) is 16.0 Å². The Kier molecular flexibility index (Phi) is 3.70. The van der Waals surface area contributed by atoms with E-state index in [9.17, 15) is 9.90 Å². The smallest absolute Gasteiger partial charge is 0.334 e. The molecule has 3 nitrogen and oxygen atoms in total. The van der Waals surface area contributed by atoms with Gasteiger partial charge in [0.25, 0.3) is 0 Å². The van der Waals surface area contributed by atoms with Crippen LogP contribution in [0, 0.1) is 0 Å². The van der Waals surface area contributed by atoms with Gasteiger partial charge >= 0.3 is 5.97 Å². The maximum Gasteiger partial charge on any atom is 0.334 e. The van der Waals surface area contributed by atoms with Gasteiger partial charge in [0, 0.05) is 6.42 Å². The third-order valence-corrected chi connectivity index (χ3v) is 3.46. The number of ether oxygens (including phenoxy) is 1. The average molecular weight is 246 g/mol. The molecule has 0 spiro atoms. The van der Waals surface area contributed by atoms with Crippen LogP contribution in [0.1, 0.15) is 31.7 Å². The molecule has 0 fully saturated rings. The lowest BCUT2D eigenvalue weighted by Crippen LogP contribution is -2.38. The summed E-state index contributed by atoms with van der Waals surface area (Å²) in [4.78, 5) is 11.4. The summed E-state index contributed by atoms with van der Waals surface area (Å²) in [5.74, 6) is -0.310. The van der Waals surface area contributed by atoms with Gasteiger partial charge in [0.05, 0.1) is 6.08 Å². The average Bonchev–Trinajstić information content (AvgIpc) is 2.37. The van der Waals surface area contributed by atoms with Crippen molar-refractivity contribution in [2.75, 3.05) is 0 Å². The SMILES string of the molecule is CCC1(CCc2ccccc2)CC(O)=CC(=O)O1. The van der Waals surface area contributed by atoms with Crippen molar-refractivity contribution in [3.8, 4) is 0 Å². The summed E-state index contributed by atoms with van der Waals surface area (Å²) in [6.45, 7) is 1.98. The molecule has 3 heteroatoms. The van der Waals surface area contributed by atoms with Gasteiger partial charge in [-0.25, -0.2) is 4.79 Å². The van der Waals surface area contributed by atoms with E-state index in [2.05, 4.69) is 12.1 Å². The largest absolute Gasteiger partial charge is 0.512 e. The molecule has 1 aliphatic heterocycles. The Morgan fingerprint density at radius 1 is 1.33 bits per heavy atom. The van der Waals surface area contributed by atoms with Crippen LogP contribution in [0.2, 0.25) is 0 Å². The Bertz CT molecular complexity index is 450. The number of carbonyl (C=O) groups excluding carboxylic acids is 1. The van der Waals surface area contributed by atoms with E-state index in [0.29, 0.717) is 12.8 Å². The summed E-state index contributed by atoms with van der Waals surface area (Å²) in [5.41, 5.74) is 0.668. The summed E-state index contributed by atoms with van der Waals surface area (Å²) < 4.78 is 5.44. The van der Waals surface area contributed by atoms with Crippen LogP contribution in [0.5, 0.6) is 0 Å². The van der Waals surface area contributed by atoms with Gasteiger partial charge in [0.2, 0.25) is 0 Å². The molecule has 1 heterocycles. The molecule has 1 N–H and O–H groups in total. The molecule has 0 aliphatic carbocycles. The Morgan fingerprint density at radius 2 is 2.06 bits per heavy atom. The van der Waals surface area contributed by atoms with Crippen molar-refractivity contribution in [2.45, 2.75) is 38.2 Å². The van der Waals surface area contributed by atoms with Gasteiger partial charge in [0.15, 0.2) is 0 Å². The number of cyclic esters (lactones) is 1. The second kappa shape index (κ2) is 5.25.